The van der Waals surface area contributed by atoms with Crippen LogP contribution in [0.4, 0.5) is 8.78 Å². The van der Waals surface area contributed by atoms with Crippen LogP contribution in [0.5, 0.6) is 0 Å². The van der Waals surface area contributed by atoms with Gasteiger partial charge in [-0.25, -0.2) is 8.78 Å². The van der Waals surface area contributed by atoms with Gasteiger partial charge in [-0.1, -0.05) is 15.9 Å². The van der Waals surface area contributed by atoms with Crippen LogP contribution in [0, 0.1) is 17.6 Å². The van der Waals surface area contributed by atoms with Crippen LogP contribution in [0.1, 0.15) is 12.0 Å². The predicted molar refractivity (Wildman–Crippen MR) is 63.5 cm³/mol. The molecule has 0 amide bonds. The third kappa shape index (κ3) is 2.80. The van der Waals surface area contributed by atoms with Crippen LogP contribution < -0.4 is 0 Å². The third-order valence-corrected chi connectivity index (χ3v) is 3.91. The van der Waals surface area contributed by atoms with Gasteiger partial charge in [0.05, 0.1) is 0 Å². The average molecular weight is 290 g/mol. The molecule has 1 aliphatic heterocycles. The molecule has 0 aromatic heterocycles. The molecule has 88 valence electrons. The largest absolute Gasteiger partial charge is 0.299 e. The average Bonchev–Trinajstić information content (AvgIpc) is 2.71. The molecule has 1 fully saturated rings. The molecule has 0 saturated carbocycles. The van der Waals surface area contributed by atoms with Crippen LogP contribution >= 0.6 is 15.9 Å². The van der Waals surface area contributed by atoms with Crippen molar-refractivity contribution in [2.45, 2.75) is 13.0 Å². The van der Waals surface area contributed by atoms with E-state index < -0.39 is 0 Å². The summed E-state index contributed by atoms with van der Waals surface area (Å²) in [6.45, 7) is 2.43. The molecule has 1 unspecified atom stereocenters. The standard InChI is InChI=1S/C12H14BrF2N/c13-6-9-3-4-16(7-9)8-10-5-11(14)1-2-12(10)15/h1-2,5,9H,3-4,6-8H2. The van der Waals surface area contributed by atoms with E-state index in [-0.39, 0.29) is 11.6 Å². The van der Waals surface area contributed by atoms with E-state index in [2.05, 4.69) is 20.8 Å². The van der Waals surface area contributed by atoms with Crippen molar-refractivity contribution >= 4 is 15.9 Å². The second-order valence-electron chi connectivity index (χ2n) is 4.28. The van der Waals surface area contributed by atoms with Crippen molar-refractivity contribution in [2.24, 2.45) is 5.92 Å². The number of halogens is 3. The van der Waals surface area contributed by atoms with Crippen LogP contribution in [-0.2, 0) is 6.54 Å². The summed E-state index contributed by atoms with van der Waals surface area (Å²) >= 11 is 3.45. The normalized spacial score (nSPS) is 21.6. The van der Waals surface area contributed by atoms with Gasteiger partial charge in [0.2, 0.25) is 0 Å². The Morgan fingerprint density at radius 3 is 2.88 bits per heavy atom. The fraction of sp³-hybridized carbons (Fsp3) is 0.500. The predicted octanol–water partition coefficient (Wildman–Crippen LogP) is 3.18. The van der Waals surface area contributed by atoms with Gasteiger partial charge >= 0.3 is 0 Å². The Morgan fingerprint density at radius 2 is 2.19 bits per heavy atom. The molecule has 2 rings (SSSR count). The zero-order valence-electron chi connectivity index (χ0n) is 8.93. The lowest BCUT2D eigenvalue weighted by molar-refractivity contribution is 0.315. The first-order valence-corrected chi connectivity index (χ1v) is 6.53. The molecule has 0 aliphatic carbocycles. The Bertz CT molecular complexity index is 370. The Kier molecular flexibility index (Phi) is 3.92. The minimum absolute atomic E-state index is 0.316. The fourth-order valence-electron chi connectivity index (χ4n) is 2.09. The van der Waals surface area contributed by atoms with Gasteiger partial charge in [-0.05, 0) is 37.1 Å². The molecule has 1 aliphatic rings. The molecule has 0 bridgehead atoms. The molecule has 4 heteroatoms. The molecule has 0 N–H and O–H groups in total. The minimum Gasteiger partial charge on any atom is -0.299 e. The maximum absolute atomic E-state index is 13.4. The fourth-order valence-corrected chi connectivity index (χ4v) is 2.62. The van der Waals surface area contributed by atoms with Gasteiger partial charge in [0, 0.05) is 24.0 Å². The van der Waals surface area contributed by atoms with E-state index in [9.17, 15) is 8.78 Å². The summed E-state index contributed by atoms with van der Waals surface area (Å²) in [6, 6.07) is 3.64. The number of rotatable bonds is 3. The number of hydrogen-bond acceptors (Lipinski definition) is 1. The SMILES string of the molecule is Fc1ccc(F)c(CN2CCC(CBr)C2)c1. The molecular formula is C12H14BrF2N. The van der Waals surface area contributed by atoms with Crippen molar-refractivity contribution in [2.75, 3.05) is 18.4 Å². The van der Waals surface area contributed by atoms with Crippen molar-refractivity contribution < 1.29 is 8.78 Å². The summed E-state index contributed by atoms with van der Waals surface area (Å²) in [4.78, 5) is 2.17. The van der Waals surface area contributed by atoms with E-state index in [0.29, 0.717) is 18.0 Å². The van der Waals surface area contributed by atoms with Crippen molar-refractivity contribution in [3.8, 4) is 0 Å². The number of alkyl halides is 1. The third-order valence-electron chi connectivity index (χ3n) is 2.99. The van der Waals surface area contributed by atoms with Crippen LogP contribution in [0.25, 0.3) is 0 Å². The highest BCUT2D eigenvalue weighted by Gasteiger charge is 2.22. The molecule has 1 heterocycles. The van der Waals surface area contributed by atoms with Crippen molar-refractivity contribution in [1.82, 2.24) is 4.90 Å². The summed E-state index contributed by atoms with van der Waals surface area (Å²) < 4.78 is 26.4. The molecule has 0 radical (unpaired) electrons. The van der Waals surface area contributed by atoms with E-state index >= 15 is 0 Å². The summed E-state index contributed by atoms with van der Waals surface area (Å²) in [7, 11) is 0. The van der Waals surface area contributed by atoms with Crippen molar-refractivity contribution in [3.05, 3.63) is 35.4 Å². The molecule has 0 spiro atoms. The number of nitrogens with zero attached hydrogens (tertiary/aromatic N) is 1. The van der Waals surface area contributed by atoms with E-state index in [1.165, 1.54) is 12.1 Å². The molecule has 1 saturated heterocycles. The van der Waals surface area contributed by atoms with E-state index in [4.69, 9.17) is 0 Å². The van der Waals surface area contributed by atoms with E-state index in [0.717, 1.165) is 30.9 Å². The lowest BCUT2D eigenvalue weighted by Crippen LogP contribution is -2.21. The molecule has 1 nitrogen and oxygen atoms in total. The lowest BCUT2D eigenvalue weighted by atomic mass is 10.2. The molecule has 1 aromatic rings. The van der Waals surface area contributed by atoms with Crippen molar-refractivity contribution in [1.29, 1.82) is 0 Å². The number of likely N-dealkylation sites (tertiary alicyclic amines) is 1. The van der Waals surface area contributed by atoms with Gasteiger partial charge in [-0.2, -0.15) is 0 Å². The smallest absolute Gasteiger partial charge is 0.127 e. The van der Waals surface area contributed by atoms with Gasteiger partial charge in [-0.15, -0.1) is 0 Å². The van der Waals surface area contributed by atoms with Gasteiger partial charge in [-0.3, -0.25) is 4.90 Å². The maximum Gasteiger partial charge on any atom is 0.127 e. The van der Waals surface area contributed by atoms with Gasteiger partial charge < -0.3 is 0 Å². The topological polar surface area (TPSA) is 3.24 Å². The first-order chi connectivity index (χ1) is 7.69. The van der Waals surface area contributed by atoms with Gasteiger partial charge in [0.25, 0.3) is 0 Å². The monoisotopic (exact) mass is 289 g/mol. The summed E-state index contributed by atoms with van der Waals surface area (Å²) in [5, 5.41) is 0.981. The summed E-state index contributed by atoms with van der Waals surface area (Å²) in [6.07, 6.45) is 1.13. The molecular weight excluding hydrogens is 276 g/mol. The van der Waals surface area contributed by atoms with Crippen molar-refractivity contribution in [3.63, 3.8) is 0 Å². The molecule has 1 aromatic carbocycles. The second kappa shape index (κ2) is 5.23. The van der Waals surface area contributed by atoms with Crippen LogP contribution in [-0.4, -0.2) is 23.3 Å². The lowest BCUT2D eigenvalue weighted by Gasteiger charge is -2.16. The quantitative estimate of drug-likeness (QED) is 0.773. The first-order valence-electron chi connectivity index (χ1n) is 5.41. The van der Waals surface area contributed by atoms with Gasteiger partial charge in [0.1, 0.15) is 11.6 Å². The zero-order valence-corrected chi connectivity index (χ0v) is 10.5. The van der Waals surface area contributed by atoms with Crippen LogP contribution in [0.2, 0.25) is 0 Å². The highest BCUT2D eigenvalue weighted by Crippen LogP contribution is 2.21. The Morgan fingerprint density at radius 1 is 1.38 bits per heavy atom. The van der Waals surface area contributed by atoms with Crippen LogP contribution in [0.15, 0.2) is 18.2 Å². The maximum atomic E-state index is 13.4. The van der Waals surface area contributed by atoms with Crippen LogP contribution in [0.3, 0.4) is 0 Å². The Labute approximate surface area is 103 Å². The summed E-state index contributed by atoms with van der Waals surface area (Å²) in [5.41, 5.74) is 0.454. The molecule has 1 atom stereocenters. The number of hydrogen-bond donors (Lipinski definition) is 0. The Hall–Kier alpha value is -0.480. The molecule has 16 heavy (non-hydrogen) atoms. The summed E-state index contributed by atoms with van der Waals surface area (Å²) in [5.74, 6) is -0.0482. The van der Waals surface area contributed by atoms with E-state index in [1.54, 1.807) is 0 Å². The zero-order chi connectivity index (χ0) is 11.5. The minimum atomic E-state index is -0.368. The van der Waals surface area contributed by atoms with Gasteiger partial charge in [0.15, 0.2) is 0 Å². The Balaban J connectivity index is 2.01. The highest BCUT2D eigenvalue weighted by molar-refractivity contribution is 9.09. The second-order valence-corrected chi connectivity index (χ2v) is 4.93. The first kappa shape index (κ1) is 12.0. The van der Waals surface area contributed by atoms with E-state index in [1.807, 2.05) is 0 Å². The highest BCUT2D eigenvalue weighted by atomic mass is 79.9. The number of benzene rings is 1.